The smallest absolute Gasteiger partial charge is 0.122 e. The van der Waals surface area contributed by atoms with Gasteiger partial charge in [-0.15, -0.1) is 11.3 Å². The van der Waals surface area contributed by atoms with Crippen LogP contribution >= 0.6 is 11.3 Å². The predicted octanol–water partition coefficient (Wildman–Crippen LogP) is 3.40. The third kappa shape index (κ3) is 3.14. The van der Waals surface area contributed by atoms with Crippen LogP contribution in [0.15, 0.2) is 28.2 Å². The second-order valence-electron chi connectivity index (χ2n) is 5.38. The molecule has 0 radical (unpaired) electrons. The van der Waals surface area contributed by atoms with Gasteiger partial charge in [0.2, 0.25) is 0 Å². The quantitative estimate of drug-likeness (QED) is 0.827. The van der Waals surface area contributed by atoms with Gasteiger partial charge in [0, 0.05) is 30.1 Å². The number of furan rings is 1. The Morgan fingerprint density at radius 1 is 1.40 bits per heavy atom. The molecule has 0 atom stereocenters. The first kappa shape index (κ1) is 13.9. The van der Waals surface area contributed by atoms with E-state index in [0.29, 0.717) is 0 Å². The lowest BCUT2D eigenvalue weighted by Gasteiger charge is -2.26. The molecule has 1 aliphatic rings. The van der Waals surface area contributed by atoms with Gasteiger partial charge < -0.3 is 9.73 Å². The van der Waals surface area contributed by atoms with E-state index in [1.807, 2.05) is 17.6 Å². The van der Waals surface area contributed by atoms with Gasteiger partial charge in [-0.25, -0.2) is 0 Å². The van der Waals surface area contributed by atoms with Gasteiger partial charge in [0.1, 0.15) is 5.76 Å². The van der Waals surface area contributed by atoms with Gasteiger partial charge in [-0.1, -0.05) is 6.92 Å². The fourth-order valence-electron chi connectivity index (χ4n) is 2.71. The summed E-state index contributed by atoms with van der Waals surface area (Å²) in [6.07, 6.45) is 4.16. The lowest BCUT2D eigenvalue weighted by Crippen LogP contribution is -2.29. The van der Waals surface area contributed by atoms with E-state index >= 15 is 0 Å². The van der Waals surface area contributed by atoms with Crippen molar-refractivity contribution in [3.8, 4) is 0 Å². The minimum Gasteiger partial charge on any atom is -0.468 e. The van der Waals surface area contributed by atoms with Gasteiger partial charge in [-0.2, -0.15) is 0 Å². The fraction of sp³-hybridized carbons (Fsp3) is 0.500. The Balaban J connectivity index is 1.60. The number of fused-ring (bicyclic) bond motifs is 1. The van der Waals surface area contributed by atoms with E-state index in [-0.39, 0.29) is 0 Å². The van der Waals surface area contributed by atoms with E-state index in [4.69, 9.17) is 4.42 Å². The van der Waals surface area contributed by atoms with Crippen LogP contribution in [0.4, 0.5) is 0 Å². The third-order valence-electron chi connectivity index (χ3n) is 3.83. The summed E-state index contributed by atoms with van der Waals surface area (Å²) in [4.78, 5) is 4.04. The Morgan fingerprint density at radius 3 is 3.25 bits per heavy atom. The standard InChI is InChI=1S/C16H22N2OS/c1-2-6-17-10-13-4-8-19-15(13)12-18-7-3-16-14(11-18)5-9-20-16/h4-5,8-9,17H,2-3,6-7,10-12H2,1H3. The number of nitrogens with zero attached hydrogens (tertiary/aromatic N) is 1. The van der Waals surface area contributed by atoms with Crippen molar-refractivity contribution in [1.82, 2.24) is 10.2 Å². The molecule has 2 aromatic rings. The van der Waals surface area contributed by atoms with Crippen LogP contribution in [-0.2, 0) is 26.1 Å². The van der Waals surface area contributed by atoms with Crippen molar-refractivity contribution in [2.24, 2.45) is 0 Å². The number of rotatable bonds is 6. The summed E-state index contributed by atoms with van der Waals surface area (Å²) in [5, 5.41) is 5.66. The molecule has 0 saturated carbocycles. The zero-order chi connectivity index (χ0) is 13.8. The summed E-state index contributed by atoms with van der Waals surface area (Å²) in [6.45, 7) is 7.28. The van der Waals surface area contributed by atoms with Gasteiger partial charge in [0.05, 0.1) is 12.8 Å². The summed E-state index contributed by atoms with van der Waals surface area (Å²) in [6, 6.07) is 4.36. The van der Waals surface area contributed by atoms with Crippen LogP contribution in [0.1, 0.15) is 35.1 Å². The number of nitrogens with one attached hydrogen (secondary N) is 1. The van der Waals surface area contributed by atoms with Crippen molar-refractivity contribution in [2.45, 2.75) is 39.4 Å². The normalized spacial score (nSPS) is 15.4. The second kappa shape index (κ2) is 6.57. The van der Waals surface area contributed by atoms with Crippen molar-refractivity contribution < 1.29 is 4.42 Å². The van der Waals surface area contributed by atoms with Gasteiger partial charge in [-0.05, 0) is 42.5 Å². The molecular formula is C16H22N2OS. The molecular weight excluding hydrogens is 268 g/mol. The minimum atomic E-state index is 0.914. The van der Waals surface area contributed by atoms with Crippen molar-refractivity contribution in [2.75, 3.05) is 13.1 Å². The zero-order valence-electron chi connectivity index (χ0n) is 12.0. The highest BCUT2D eigenvalue weighted by Gasteiger charge is 2.19. The maximum Gasteiger partial charge on any atom is 0.122 e. The van der Waals surface area contributed by atoms with Crippen LogP contribution < -0.4 is 5.32 Å². The molecule has 0 fully saturated rings. The highest BCUT2D eigenvalue weighted by molar-refractivity contribution is 7.10. The van der Waals surface area contributed by atoms with E-state index in [9.17, 15) is 0 Å². The summed E-state index contributed by atoms with van der Waals surface area (Å²) in [5.41, 5.74) is 2.80. The Labute approximate surface area is 124 Å². The van der Waals surface area contributed by atoms with Crippen LogP contribution in [-0.4, -0.2) is 18.0 Å². The SMILES string of the molecule is CCCNCc1ccoc1CN1CCc2sccc2C1. The van der Waals surface area contributed by atoms with E-state index in [1.165, 1.54) is 24.0 Å². The summed E-state index contributed by atoms with van der Waals surface area (Å²) in [7, 11) is 0. The van der Waals surface area contributed by atoms with Crippen LogP contribution in [0.2, 0.25) is 0 Å². The molecule has 0 aromatic carbocycles. The predicted molar refractivity (Wildman–Crippen MR) is 82.8 cm³/mol. The molecule has 1 aliphatic heterocycles. The average molecular weight is 290 g/mol. The molecule has 0 bridgehead atoms. The summed E-state index contributed by atoms with van der Waals surface area (Å²) >= 11 is 1.89. The Bertz CT molecular complexity index is 546. The molecule has 0 spiro atoms. The topological polar surface area (TPSA) is 28.4 Å². The number of thiophene rings is 1. The highest BCUT2D eigenvalue weighted by Crippen LogP contribution is 2.25. The first-order valence-corrected chi connectivity index (χ1v) is 8.28. The molecule has 0 aliphatic carbocycles. The fourth-order valence-corrected chi connectivity index (χ4v) is 3.60. The molecule has 108 valence electrons. The van der Waals surface area contributed by atoms with Gasteiger partial charge in [-0.3, -0.25) is 4.90 Å². The van der Waals surface area contributed by atoms with E-state index in [2.05, 4.69) is 34.7 Å². The minimum absolute atomic E-state index is 0.914. The molecule has 3 rings (SSSR count). The van der Waals surface area contributed by atoms with Crippen LogP contribution in [0.3, 0.4) is 0 Å². The Morgan fingerprint density at radius 2 is 2.35 bits per heavy atom. The van der Waals surface area contributed by atoms with Crippen LogP contribution in [0, 0.1) is 0 Å². The zero-order valence-corrected chi connectivity index (χ0v) is 12.8. The second-order valence-corrected chi connectivity index (χ2v) is 6.38. The maximum atomic E-state index is 5.69. The van der Waals surface area contributed by atoms with E-state index in [1.54, 1.807) is 4.88 Å². The molecule has 1 N–H and O–H groups in total. The molecule has 20 heavy (non-hydrogen) atoms. The lowest BCUT2D eigenvalue weighted by molar-refractivity contribution is 0.226. The molecule has 3 nitrogen and oxygen atoms in total. The molecule has 0 amide bonds. The third-order valence-corrected chi connectivity index (χ3v) is 4.86. The summed E-state index contributed by atoms with van der Waals surface area (Å²) < 4.78 is 5.69. The van der Waals surface area contributed by atoms with E-state index < -0.39 is 0 Å². The molecule has 0 saturated heterocycles. The molecule has 0 unspecified atom stereocenters. The van der Waals surface area contributed by atoms with Gasteiger partial charge >= 0.3 is 0 Å². The lowest BCUT2D eigenvalue weighted by atomic mass is 10.1. The highest BCUT2D eigenvalue weighted by atomic mass is 32.1. The van der Waals surface area contributed by atoms with Crippen molar-refractivity contribution in [3.05, 3.63) is 45.5 Å². The first-order chi connectivity index (χ1) is 9.86. The molecule has 3 heterocycles. The van der Waals surface area contributed by atoms with Gasteiger partial charge in [0.25, 0.3) is 0 Å². The van der Waals surface area contributed by atoms with Gasteiger partial charge in [0.15, 0.2) is 0 Å². The number of hydrogen-bond acceptors (Lipinski definition) is 4. The van der Waals surface area contributed by atoms with Crippen molar-refractivity contribution >= 4 is 11.3 Å². The Hall–Kier alpha value is -1.10. The largest absolute Gasteiger partial charge is 0.468 e. The monoisotopic (exact) mass is 290 g/mol. The first-order valence-electron chi connectivity index (χ1n) is 7.40. The maximum absolute atomic E-state index is 5.69. The van der Waals surface area contributed by atoms with Crippen LogP contribution in [0.5, 0.6) is 0 Å². The molecule has 4 heteroatoms. The Kier molecular flexibility index (Phi) is 4.55. The molecule has 2 aromatic heterocycles. The van der Waals surface area contributed by atoms with Crippen molar-refractivity contribution in [1.29, 1.82) is 0 Å². The van der Waals surface area contributed by atoms with E-state index in [0.717, 1.165) is 38.5 Å². The average Bonchev–Trinajstić information content (AvgIpc) is 3.08. The van der Waals surface area contributed by atoms with Crippen LogP contribution in [0.25, 0.3) is 0 Å². The van der Waals surface area contributed by atoms with Crippen molar-refractivity contribution in [3.63, 3.8) is 0 Å². The number of hydrogen-bond donors (Lipinski definition) is 1. The summed E-state index contributed by atoms with van der Waals surface area (Å²) in [5.74, 6) is 1.12.